The van der Waals surface area contributed by atoms with Crippen LogP contribution >= 0.6 is 27.5 Å². The molecule has 0 aromatic heterocycles. The van der Waals surface area contributed by atoms with Crippen molar-refractivity contribution in [2.45, 2.75) is 44.9 Å². The van der Waals surface area contributed by atoms with Crippen LogP contribution in [0.4, 0.5) is 16.2 Å². The normalized spacial score (nSPS) is 28.0. The van der Waals surface area contributed by atoms with Crippen LogP contribution in [0.15, 0.2) is 46.9 Å². The van der Waals surface area contributed by atoms with Crippen LogP contribution in [0.5, 0.6) is 0 Å². The lowest BCUT2D eigenvalue weighted by Gasteiger charge is -2.44. The zero-order valence-electron chi connectivity index (χ0n) is 17.4. The first-order valence-corrected chi connectivity index (χ1v) is 11.6. The smallest absolute Gasteiger partial charge is 0.329 e. The number of hydrogen-bond donors (Lipinski definition) is 3. The van der Waals surface area contributed by atoms with Crippen molar-refractivity contribution >= 4 is 50.8 Å². The van der Waals surface area contributed by atoms with Crippen molar-refractivity contribution in [2.75, 3.05) is 10.2 Å². The van der Waals surface area contributed by atoms with Crippen LogP contribution < -0.4 is 15.5 Å². The number of amides is 3. The highest BCUT2D eigenvalue weighted by molar-refractivity contribution is 9.10. The van der Waals surface area contributed by atoms with Crippen molar-refractivity contribution in [3.8, 4) is 0 Å². The third kappa shape index (κ3) is 3.95. The SMILES string of the molecule is C[C@H]1[C@H](C)CCC[C@@H]1NC(=O)[C@@]1(O)c2cc(Br)ccc2NC(=O)N1c1ccc(Cl)cc1. The molecule has 4 rings (SSSR count). The van der Waals surface area contributed by atoms with Crippen molar-refractivity contribution in [3.63, 3.8) is 0 Å². The second kappa shape index (κ2) is 8.45. The summed E-state index contributed by atoms with van der Waals surface area (Å²) in [6.07, 6.45) is 2.97. The van der Waals surface area contributed by atoms with E-state index in [-0.39, 0.29) is 12.0 Å². The fraction of sp³-hybridized carbons (Fsp3) is 0.391. The number of hydrogen-bond acceptors (Lipinski definition) is 3. The summed E-state index contributed by atoms with van der Waals surface area (Å²) in [7, 11) is 0. The van der Waals surface area contributed by atoms with E-state index in [4.69, 9.17) is 11.6 Å². The van der Waals surface area contributed by atoms with Crippen LogP contribution in [0.25, 0.3) is 0 Å². The number of nitrogens with one attached hydrogen (secondary N) is 2. The van der Waals surface area contributed by atoms with Crippen LogP contribution in [0, 0.1) is 11.8 Å². The largest absolute Gasteiger partial charge is 0.359 e. The highest BCUT2D eigenvalue weighted by Crippen LogP contribution is 2.42. The zero-order chi connectivity index (χ0) is 22.3. The molecule has 0 saturated heterocycles. The Labute approximate surface area is 195 Å². The van der Waals surface area contributed by atoms with E-state index in [2.05, 4.69) is 40.4 Å². The molecule has 0 radical (unpaired) electrons. The quantitative estimate of drug-likeness (QED) is 0.532. The average molecular weight is 507 g/mol. The van der Waals surface area contributed by atoms with E-state index in [0.717, 1.165) is 24.2 Å². The van der Waals surface area contributed by atoms with Gasteiger partial charge in [-0.2, -0.15) is 0 Å². The second-order valence-electron chi connectivity index (χ2n) is 8.45. The Morgan fingerprint density at radius 1 is 1.23 bits per heavy atom. The molecule has 31 heavy (non-hydrogen) atoms. The molecule has 1 fully saturated rings. The van der Waals surface area contributed by atoms with Gasteiger partial charge < -0.3 is 15.7 Å². The molecule has 0 spiro atoms. The molecule has 1 aliphatic carbocycles. The van der Waals surface area contributed by atoms with Gasteiger partial charge in [0.2, 0.25) is 0 Å². The Bertz CT molecular complexity index is 1020. The third-order valence-electron chi connectivity index (χ3n) is 6.55. The monoisotopic (exact) mass is 505 g/mol. The maximum absolute atomic E-state index is 13.7. The topological polar surface area (TPSA) is 81.7 Å². The summed E-state index contributed by atoms with van der Waals surface area (Å²) in [4.78, 5) is 27.9. The molecule has 2 aliphatic rings. The summed E-state index contributed by atoms with van der Waals surface area (Å²) < 4.78 is 0.685. The molecule has 2 aromatic carbocycles. The molecule has 8 heteroatoms. The zero-order valence-corrected chi connectivity index (χ0v) is 19.7. The van der Waals surface area contributed by atoms with Gasteiger partial charge in [-0.1, -0.05) is 54.2 Å². The van der Waals surface area contributed by atoms with E-state index in [1.165, 1.54) is 0 Å². The Morgan fingerprint density at radius 2 is 1.94 bits per heavy atom. The van der Waals surface area contributed by atoms with Gasteiger partial charge in [0, 0.05) is 26.8 Å². The third-order valence-corrected chi connectivity index (χ3v) is 7.30. The number of carbonyl (C=O) groups excluding carboxylic acids is 2. The highest BCUT2D eigenvalue weighted by atomic mass is 79.9. The molecule has 3 amide bonds. The summed E-state index contributed by atoms with van der Waals surface area (Å²) >= 11 is 9.43. The maximum atomic E-state index is 13.7. The first-order valence-electron chi connectivity index (χ1n) is 10.4. The van der Waals surface area contributed by atoms with E-state index >= 15 is 0 Å². The number of halogens is 2. The number of carbonyl (C=O) groups is 2. The van der Waals surface area contributed by atoms with Gasteiger partial charge in [0.05, 0.1) is 5.69 Å². The number of rotatable bonds is 3. The summed E-state index contributed by atoms with van der Waals surface area (Å²) in [6, 6.07) is 10.8. The first-order chi connectivity index (χ1) is 14.7. The highest BCUT2D eigenvalue weighted by Gasteiger charge is 2.52. The van der Waals surface area contributed by atoms with Crippen LogP contribution in [-0.4, -0.2) is 23.1 Å². The van der Waals surface area contributed by atoms with Crippen LogP contribution in [-0.2, 0) is 10.5 Å². The lowest BCUT2D eigenvalue weighted by molar-refractivity contribution is -0.141. The lowest BCUT2D eigenvalue weighted by Crippen LogP contribution is -2.64. The van der Waals surface area contributed by atoms with Gasteiger partial charge >= 0.3 is 6.03 Å². The van der Waals surface area contributed by atoms with Gasteiger partial charge in [0.25, 0.3) is 11.6 Å². The van der Waals surface area contributed by atoms with E-state index in [1.807, 2.05) is 0 Å². The van der Waals surface area contributed by atoms with Gasteiger partial charge in [-0.05, 0) is 60.7 Å². The fourth-order valence-corrected chi connectivity index (χ4v) is 5.01. The van der Waals surface area contributed by atoms with E-state index in [1.54, 1.807) is 42.5 Å². The Kier molecular flexibility index (Phi) is 6.03. The van der Waals surface area contributed by atoms with Gasteiger partial charge in [0.1, 0.15) is 0 Å². The molecular formula is C23H25BrClN3O3. The molecule has 164 valence electrons. The minimum absolute atomic E-state index is 0.0760. The Hall–Kier alpha value is -2.09. The van der Waals surface area contributed by atoms with Crippen molar-refractivity contribution in [3.05, 3.63) is 57.5 Å². The molecule has 0 bridgehead atoms. The van der Waals surface area contributed by atoms with Gasteiger partial charge in [-0.3, -0.25) is 9.69 Å². The predicted molar refractivity (Wildman–Crippen MR) is 125 cm³/mol. The van der Waals surface area contributed by atoms with E-state index in [9.17, 15) is 14.7 Å². The van der Waals surface area contributed by atoms with Crippen LogP contribution in [0.1, 0.15) is 38.7 Å². The molecule has 3 N–H and O–H groups in total. The predicted octanol–water partition coefficient (Wildman–Crippen LogP) is 5.24. The summed E-state index contributed by atoms with van der Waals surface area (Å²) in [5, 5.41) is 18.3. The molecule has 1 heterocycles. The van der Waals surface area contributed by atoms with Crippen molar-refractivity contribution in [1.29, 1.82) is 0 Å². The van der Waals surface area contributed by atoms with Gasteiger partial charge in [-0.15, -0.1) is 0 Å². The summed E-state index contributed by atoms with van der Waals surface area (Å²) in [5.41, 5.74) is -1.18. The molecule has 1 aliphatic heterocycles. The van der Waals surface area contributed by atoms with Crippen LogP contribution in [0.2, 0.25) is 5.02 Å². The number of nitrogens with zero attached hydrogens (tertiary/aromatic N) is 1. The number of benzene rings is 2. The van der Waals surface area contributed by atoms with Crippen molar-refractivity contribution in [2.24, 2.45) is 11.8 Å². The minimum Gasteiger partial charge on any atom is -0.359 e. The minimum atomic E-state index is -2.23. The van der Waals surface area contributed by atoms with Crippen LogP contribution in [0.3, 0.4) is 0 Å². The Balaban J connectivity index is 1.80. The fourth-order valence-electron chi connectivity index (χ4n) is 4.53. The molecule has 2 aromatic rings. The summed E-state index contributed by atoms with van der Waals surface area (Å²) in [6.45, 7) is 4.30. The Morgan fingerprint density at radius 3 is 2.65 bits per heavy atom. The van der Waals surface area contributed by atoms with E-state index < -0.39 is 17.7 Å². The molecular weight excluding hydrogens is 482 g/mol. The number of anilines is 2. The molecule has 1 saturated carbocycles. The van der Waals surface area contributed by atoms with Gasteiger partial charge in [-0.25, -0.2) is 4.79 Å². The standard InChI is InChI=1S/C23H25BrClN3O3/c1-13-4-3-5-19(14(13)2)26-21(29)23(31)18-12-15(24)6-11-20(18)27-22(30)28(23)17-9-7-16(25)8-10-17/h6-14,19,31H,3-5H2,1-2H3,(H,26,29)(H,27,30)/t13-,14+,19+,23+/m1/s1. The van der Waals surface area contributed by atoms with Crippen molar-refractivity contribution in [1.82, 2.24) is 5.32 Å². The second-order valence-corrected chi connectivity index (χ2v) is 9.80. The average Bonchev–Trinajstić information content (AvgIpc) is 2.73. The number of aliphatic hydroxyl groups is 1. The first kappa shape index (κ1) is 22.1. The lowest BCUT2D eigenvalue weighted by atomic mass is 9.78. The molecule has 0 unspecified atom stereocenters. The summed E-state index contributed by atoms with van der Waals surface area (Å²) in [5.74, 6) is 0.115. The number of urea groups is 1. The molecule has 4 atom stereocenters. The van der Waals surface area contributed by atoms with Crippen molar-refractivity contribution < 1.29 is 14.7 Å². The van der Waals surface area contributed by atoms with Gasteiger partial charge in [0.15, 0.2) is 0 Å². The van der Waals surface area contributed by atoms with E-state index in [0.29, 0.717) is 32.4 Å². The number of fused-ring (bicyclic) bond motifs is 1. The molecule has 6 nitrogen and oxygen atoms in total. The maximum Gasteiger partial charge on any atom is 0.329 e.